The molecule has 0 saturated heterocycles. The van der Waals surface area contributed by atoms with E-state index in [1.54, 1.807) is 0 Å². The molecule has 0 spiro atoms. The van der Waals surface area contributed by atoms with Gasteiger partial charge in [0.05, 0.1) is 0 Å². The van der Waals surface area contributed by atoms with E-state index < -0.39 is 0 Å². The molecule has 0 atom stereocenters. The second kappa shape index (κ2) is 9.98. The number of rotatable bonds is 3. The molecule has 0 rings (SSSR count). The summed E-state index contributed by atoms with van der Waals surface area (Å²) in [6.07, 6.45) is 5.07. The van der Waals surface area contributed by atoms with E-state index in [4.69, 9.17) is 0 Å². The van der Waals surface area contributed by atoms with Gasteiger partial charge in [0.15, 0.2) is 0 Å². The van der Waals surface area contributed by atoms with E-state index in [9.17, 15) is 0 Å². The van der Waals surface area contributed by atoms with Crippen LogP contribution in [0.15, 0.2) is 0 Å². The van der Waals surface area contributed by atoms with Crippen LogP contribution in [-0.2, 0) is 0 Å². The van der Waals surface area contributed by atoms with Gasteiger partial charge < -0.3 is 0 Å². The Morgan fingerprint density at radius 2 is 1.86 bits per heavy atom. The molecule has 1 radical (unpaired) electrons. The molecule has 0 aliphatic carbocycles. The quantitative estimate of drug-likeness (QED) is 0.605. The fourth-order valence-corrected chi connectivity index (χ4v) is 0.427. The van der Waals surface area contributed by atoms with Crippen LogP contribution in [0.4, 0.5) is 0 Å². The fourth-order valence-electron chi connectivity index (χ4n) is 0.427. The van der Waals surface area contributed by atoms with Gasteiger partial charge in [-0.3, -0.25) is 0 Å². The van der Waals surface area contributed by atoms with Crippen molar-refractivity contribution in [2.75, 3.05) is 0 Å². The summed E-state index contributed by atoms with van der Waals surface area (Å²) in [5, 5.41) is 0. The Hall–Kier alpha value is 0.870. The van der Waals surface area contributed by atoms with E-state index in [-0.39, 0.29) is 25.8 Å². The molecule has 0 unspecified atom stereocenters. The first-order valence-corrected chi connectivity index (χ1v) is 2.71. The first-order valence-electron chi connectivity index (χ1n) is 2.71. The fraction of sp³-hybridized carbons (Fsp3) is 0.833. The molecule has 0 aromatic heterocycles. The maximum absolute atomic E-state index is 3.72. The Kier molecular flexibility index (Phi) is 15.4. The molecule has 0 aromatic carbocycles. The van der Waals surface area contributed by atoms with Crippen LogP contribution in [-0.4, -0.2) is 25.8 Å². The zero-order valence-electron chi connectivity index (χ0n) is 4.54. The van der Waals surface area contributed by atoms with Crippen molar-refractivity contribution >= 4 is 25.8 Å². The third-order valence-electron chi connectivity index (χ3n) is 0.854. The SMILES string of the molecule is [CH2]CCCCC.[InH3]. The van der Waals surface area contributed by atoms with Gasteiger partial charge in [-0.25, -0.2) is 0 Å². The molecular formula is C6H16In. The summed E-state index contributed by atoms with van der Waals surface area (Å²) in [7, 11) is 0. The van der Waals surface area contributed by atoms with E-state index in [1.807, 2.05) is 0 Å². The number of hydrogen-bond acceptors (Lipinski definition) is 0. The van der Waals surface area contributed by atoms with Crippen LogP contribution in [0.1, 0.15) is 32.6 Å². The van der Waals surface area contributed by atoms with Gasteiger partial charge in [-0.15, -0.1) is 0 Å². The van der Waals surface area contributed by atoms with Crippen LogP contribution >= 0.6 is 0 Å². The van der Waals surface area contributed by atoms with Gasteiger partial charge in [0.1, 0.15) is 0 Å². The van der Waals surface area contributed by atoms with Gasteiger partial charge in [-0.1, -0.05) is 39.5 Å². The molecular weight excluding hydrogens is 187 g/mol. The zero-order chi connectivity index (χ0) is 4.83. The third-order valence-corrected chi connectivity index (χ3v) is 0.854. The summed E-state index contributed by atoms with van der Waals surface area (Å²) >= 11 is 0. The van der Waals surface area contributed by atoms with Crippen molar-refractivity contribution in [2.24, 2.45) is 0 Å². The standard InChI is InChI=1S/C6H13.In.3H/c1-3-5-6-4-2;;;;/h1,3-6H2,2H3;;;;. The maximum atomic E-state index is 3.72. The normalized spacial score (nSPS) is 7.71. The van der Waals surface area contributed by atoms with Crippen molar-refractivity contribution in [3.05, 3.63) is 6.92 Å². The molecule has 43 valence electrons. The summed E-state index contributed by atoms with van der Waals surface area (Å²) in [6.45, 7) is 5.93. The Balaban J connectivity index is 0. The van der Waals surface area contributed by atoms with Crippen molar-refractivity contribution < 1.29 is 0 Å². The Morgan fingerprint density at radius 1 is 1.29 bits per heavy atom. The van der Waals surface area contributed by atoms with Crippen LogP contribution in [0.2, 0.25) is 0 Å². The van der Waals surface area contributed by atoms with E-state index in [1.165, 1.54) is 19.3 Å². The van der Waals surface area contributed by atoms with Crippen molar-refractivity contribution in [3.8, 4) is 0 Å². The minimum absolute atomic E-state index is 0. The molecule has 0 bridgehead atoms. The molecule has 0 saturated carbocycles. The molecule has 0 nitrogen and oxygen atoms in total. The monoisotopic (exact) mass is 203 g/mol. The number of unbranched alkanes of at least 4 members (excludes halogenated alkanes) is 3. The molecule has 0 aliphatic rings. The first-order chi connectivity index (χ1) is 2.91. The summed E-state index contributed by atoms with van der Waals surface area (Å²) < 4.78 is 0. The molecule has 0 aromatic rings. The summed E-state index contributed by atoms with van der Waals surface area (Å²) in [4.78, 5) is 0. The average Bonchev–Trinajstić information content (AvgIpc) is 1.61. The second-order valence-electron chi connectivity index (χ2n) is 1.56. The summed E-state index contributed by atoms with van der Waals surface area (Å²) in [5.41, 5.74) is 0. The van der Waals surface area contributed by atoms with Gasteiger partial charge >= 0.3 is 25.8 Å². The van der Waals surface area contributed by atoms with Crippen LogP contribution in [0.5, 0.6) is 0 Å². The third kappa shape index (κ3) is 10.9. The topological polar surface area (TPSA) is 0 Å². The van der Waals surface area contributed by atoms with Crippen LogP contribution in [0.3, 0.4) is 0 Å². The van der Waals surface area contributed by atoms with E-state index in [0.29, 0.717) is 0 Å². The van der Waals surface area contributed by atoms with Gasteiger partial charge in [-0.2, -0.15) is 0 Å². The Labute approximate surface area is 65.5 Å². The van der Waals surface area contributed by atoms with Crippen LogP contribution in [0, 0.1) is 6.92 Å². The number of hydrogen-bond donors (Lipinski definition) is 0. The van der Waals surface area contributed by atoms with Crippen molar-refractivity contribution in [3.63, 3.8) is 0 Å². The molecule has 0 heterocycles. The average molecular weight is 203 g/mol. The molecule has 0 N–H and O–H groups in total. The van der Waals surface area contributed by atoms with Crippen molar-refractivity contribution in [1.82, 2.24) is 0 Å². The molecule has 0 fully saturated rings. The van der Waals surface area contributed by atoms with Crippen LogP contribution < -0.4 is 0 Å². The van der Waals surface area contributed by atoms with Gasteiger partial charge in [0, 0.05) is 0 Å². The molecule has 0 aliphatic heterocycles. The molecule has 0 amide bonds. The van der Waals surface area contributed by atoms with Crippen LogP contribution in [0.25, 0.3) is 0 Å². The van der Waals surface area contributed by atoms with Gasteiger partial charge in [-0.05, 0) is 0 Å². The zero-order valence-corrected chi connectivity index (χ0v) is 4.54. The Morgan fingerprint density at radius 3 is 2.00 bits per heavy atom. The van der Waals surface area contributed by atoms with Gasteiger partial charge in [0.2, 0.25) is 0 Å². The molecule has 7 heavy (non-hydrogen) atoms. The predicted octanol–water partition coefficient (Wildman–Crippen LogP) is 1.22. The van der Waals surface area contributed by atoms with E-state index in [0.717, 1.165) is 6.42 Å². The van der Waals surface area contributed by atoms with E-state index in [2.05, 4.69) is 13.8 Å². The first kappa shape index (κ1) is 10.8. The second-order valence-corrected chi connectivity index (χ2v) is 1.56. The minimum atomic E-state index is 0. The van der Waals surface area contributed by atoms with Crippen molar-refractivity contribution in [2.45, 2.75) is 32.6 Å². The van der Waals surface area contributed by atoms with Crippen molar-refractivity contribution in [1.29, 1.82) is 0 Å². The predicted molar refractivity (Wildman–Crippen MR) is 39.4 cm³/mol. The Bertz CT molecular complexity index is 16.1. The van der Waals surface area contributed by atoms with Gasteiger partial charge in [0.25, 0.3) is 0 Å². The molecule has 1 heteroatoms. The van der Waals surface area contributed by atoms with E-state index >= 15 is 0 Å². The summed E-state index contributed by atoms with van der Waals surface area (Å²) in [6, 6.07) is 0. The summed E-state index contributed by atoms with van der Waals surface area (Å²) in [5.74, 6) is 0.